The number of hydrogen-bond acceptors (Lipinski definition) is 2. The van der Waals surface area contributed by atoms with Crippen LogP contribution in [0.5, 0.6) is 0 Å². The van der Waals surface area contributed by atoms with E-state index in [0.717, 1.165) is 17.8 Å². The molecule has 0 unspecified atom stereocenters. The van der Waals surface area contributed by atoms with Gasteiger partial charge in [0.2, 0.25) is 5.91 Å². The van der Waals surface area contributed by atoms with E-state index in [1.54, 1.807) is 12.5 Å². The van der Waals surface area contributed by atoms with Crippen LogP contribution in [0.1, 0.15) is 18.9 Å². The fraction of sp³-hybridized carbons (Fsp3) is 0.231. The van der Waals surface area contributed by atoms with E-state index in [9.17, 15) is 4.79 Å². The number of aromatic nitrogens is 2. The maximum absolute atomic E-state index is 11.3. The van der Waals surface area contributed by atoms with Crippen molar-refractivity contribution in [2.75, 3.05) is 5.32 Å². The number of carbonyl (C=O) groups excluding carboxylic acids is 1. The third kappa shape index (κ3) is 3.17. The number of nitrogens with zero attached hydrogens (tertiary/aromatic N) is 2. The number of rotatable bonds is 4. The first-order valence-electron chi connectivity index (χ1n) is 5.62. The second-order valence-corrected chi connectivity index (χ2v) is 3.84. The molecule has 0 fully saturated rings. The van der Waals surface area contributed by atoms with Crippen molar-refractivity contribution in [3.63, 3.8) is 0 Å². The van der Waals surface area contributed by atoms with Crippen LogP contribution in [0.3, 0.4) is 0 Å². The van der Waals surface area contributed by atoms with Crippen molar-refractivity contribution < 1.29 is 4.79 Å². The van der Waals surface area contributed by atoms with E-state index >= 15 is 0 Å². The van der Waals surface area contributed by atoms with Crippen molar-refractivity contribution in [2.24, 2.45) is 0 Å². The average Bonchev–Trinajstić information content (AvgIpc) is 2.82. The van der Waals surface area contributed by atoms with Crippen LogP contribution in [-0.2, 0) is 11.3 Å². The highest BCUT2D eigenvalue weighted by Gasteiger charge is 2.00. The third-order valence-corrected chi connectivity index (χ3v) is 2.46. The van der Waals surface area contributed by atoms with Gasteiger partial charge in [0, 0.05) is 31.0 Å². The number of carbonyl (C=O) groups is 1. The van der Waals surface area contributed by atoms with Crippen LogP contribution in [0.4, 0.5) is 5.69 Å². The van der Waals surface area contributed by atoms with Gasteiger partial charge < -0.3 is 9.88 Å². The molecule has 0 radical (unpaired) electrons. The van der Waals surface area contributed by atoms with E-state index in [-0.39, 0.29) is 5.91 Å². The molecule has 0 saturated carbocycles. The van der Waals surface area contributed by atoms with Crippen LogP contribution in [0.15, 0.2) is 43.0 Å². The summed E-state index contributed by atoms with van der Waals surface area (Å²) < 4.78 is 1.99. The minimum Gasteiger partial charge on any atom is -0.333 e. The first kappa shape index (κ1) is 11.4. The molecule has 88 valence electrons. The molecule has 0 aliphatic heterocycles. The summed E-state index contributed by atoms with van der Waals surface area (Å²) in [6.07, 6.45) is 5.93. The van der Waals surface area contributed by atoms with E-state index in [1.807, 2.05) is 42.0 Å². The summed E-state index contributed by atoms with van der Waals surface area (Å²) in [6, 6.07) is 7.84. The van der Waals surface area contributed by atoms with Gasteiger partial charge >= 0.3 is 0 Å². The number of hydrogen-bond donors (Lipinski definition) is 1. The van der Waals surface area contributed by atoms with Gasteiger partial charge in [0.25, 0.3) is 0 Å². The molecule has 1 heterocycles. The van der Waals surface area contributed by atoms with Gasteiger partial charge in [0.15, 0.2) is 0 Å². The Morgan fingerprint density at radius 3 is 3.06 bits per heavy atom. The quantitative estimate of drug-likeness (QED) is 0.874. The van der Waals surface area contributed by atoms with E-state index in [1.165, 1.54) is 0 Å². The first-order valence-corrected chi connectivity index (χ1v) is 5.62. The van der Waals surface area contributed by atoms with Gasteiger partial charge in [0.05, 0.1) is 6.33 Å². The van der Waals surface area contributed by atoms with Gasteiger partial charge in [-0.25, -0.2) is 4.98 Å². The SMILES string of the molecule is CCC(=O)Nc1cccc(Cn2ccnc2)c1. The molecular weight excluding hydrogens is 214 g/mol. The van der Waals surface area contributed by atoms with Gasteiger partial charge in [-0.3, -0.25) is 4.79 Å². The topological polar surface area (TPSA) is 46.9 Å². The molecule has 4 heteroatoms. The zero-order valence-electron chi connectivity index (χ0n) is 9.76. The Kier molecular flexibility index (Phi) is 3.55. The number of benzene rings is 1. The maximum Gasteiger partial charge on any atom is 0.224 e. The van der Waals surface area contributed by atoms with E-state index in [2.05, 4.69) is 10.3 Å². The molecule has 1 aromatic carbocycles. The smallest absolute Gasteiger partial charge is 0.224 e. The summed E-state index contributed by atoms with van der Waals surface area (Å²) in [5.41, 5.74) is 1.98. The highest BCUT2D eigenvalue weighted by Crippen LogP contribution is 2.12. The van der Waals surface area contributed by atoms with Crippen molar-refractivity contribution >= 4 is 11.6 Å². The van der Waals surface area contributed by atoms with Crippen LogP contribution in [0, 0.1) is 0 Å². The van der Waals surface area contributed by atoms with Gasteiger partial charge in [-0.05, 0) is 17.7 Å². The lowest BCUT2D eigenvalue weighted by molar-refractivity contribution is -0.115. The summed E-state index contributed by atoms with van der Waals surface area (Å²) in [5.74, 6) is 0.0322. The summed E-state index contributed by atoms with van der Waals surface area (Å²) in [6.45, 7) is 2.60. The van der Waals surface area contributed by atoms with Crippen molar-refractivity contribution in [1.82, 2.24) is 9.55 Å². The summed E-state index contributed by atoms with van der Waals surface area (Å²) >= 11 is 0. The molecule has 17 heavy (non-hydrogen) atoms. The summed E-state index contributed by atoms with van der Waals surface area (Å²) in [4.78, 5) is 15.3. The largest absolute Gasteiger partial charge is 0.333 e. The molecular formula is C13H15N3O. The lowest BCUT2D eigenvalue weighted by Gasteiger charge is -2.07. The Balaban J connectivity index is 2.08. The predicted octanol–water partition coefficient (Wildman–Crippen LogP) is 2.28. The van der Waals surface area contributed by atoms with Gasteiger partial charge in [-0.15, -0.1) is 0 Å². The predicted molar refractivity (Wildman–Crippen MR) is 66.7 cm³/mol. The molecule has 1 amide bonds. The van der Waals surface area contributed by atoms with Gasteiger partial charge in [0.1, 0.15) is 0 Å². The Morgan fingerprint density at radius 2 is 2.35 bits per heavy atom. The third-order valence-electron chi connectivity index (χ3n) is 2.46. The second-order valence-electron chi connectivity index (χ2n) is 3.84. The fourth-order valence-electron chi connectivity index (χ4n) is 1.59. The molecule has 0 spiro atoms. The van der Waals surface area contributed by atoms with E-state index in [4.69, 9.17) is 0 Å². The molecule has 0 saturated heterocycles. The number of amides is 1. The van der Waals surface area contributed by atoms with Gasteiger partial charge in [-0.2, -0.15) is 0 Å². The average molecular weight is 229 g/mol. The molecule has 0 atom stereocenters. The van der Waals surface area contributed by atoms with Crippen LogP contribution in [0.2, 0.25) is 0 Å². The highest BCUT2D eigenvalue weighted by molar-refractivity contribution is 5.90. The zero-order chi connectivity index (χ0) is 12.1. The summed E-state index contributed by atoms with van der Waals surface area (Å²) in [7, 11) is 0. The van der Waals surface area contributed by atoms with Crippen molar-refractivity contribution in [3.05, 3.63) is 48.5 Å². The molecule has 1 aromatic heterocycles. The fourth-order valence-corrected chi connectivity index (χ4v) is 1.59. The summed E-state index contributed by atoms with van der Waals surface area (Å²) in [5, 5.41) is 2.85. The molecule has 4 nitrogen and oxygen atoms in total. The molecule has 1 N–H and O–H groups in total. The lowest BCUT2D eigenvalue weighted by Crippen LogP contribution is -2.09. The lowest BCUT2D eigenvalue weighted by atomic mass is 10.2. The molecule has 0 aliphatic carbocycles. The number of imidazole rings is 1. The maximum atomic E-state index is 11.3. The monoisotopic (exact) mass is 229 g/mol. The number of nitrogens with one attached hydrogen (secondary N) is 1. The van der Waals surface area contributed by atoms with Crippen LogP contribution in [-0.4, -0.2) is 15.5 Å². The Bertz CT molecular complexity index is 491. The van der Waals surface area contributed by atoms with Crippen LogP contribution < -0.4 is 5.32 Å². The molecule has 2 rings (SSSR count). The van der Waals surface area contributed by atoms with E-state index in [0.29, 0.717) is 6.42 Å². The standard InChI is InChI=1S/C13H15N3O/c1-2-13(17)15-12-5-3-4-11(8-12)9-16-7-6-14-10-16/h3-8,10H,2,9H2,1H3,(H,15,17). The number of anilines is 1. The first-order chi connectivity index (χ1) is 8.28. The van der Waals surface area contributed by atoms with Crippen molar-refractivity contribution in [3.8, 4) is 0 Å². The van der Waals surface area contributed by atoms with Crippen LogP contribution >= 0.6 is 0 Å². The Morgan fingerprint density at radius 1 is 1.47 bits per heavy atom. The zero-order valence-corrected chi connectivity index (χ0v) is 9.76. The van der Waals surface area contributed by atoms with E-state index < -0.39 is 0 Å². The Labute approximate surface area is 100 Å². The Hall–Kier alpha value is -2.10. The minimum atomic E-state index is 0.0322. The van der Waals surface area contributed by atoms with Crippen molar-refractivity contribution in [1.29, 1.82) is 0 Å². The normalized spacial score (nSPS) is 10.2. The second kappa shape index (κ2) is 5.30. The van der Waals surface area contributed by atoms with Crippen LogP contribution in [0.25, 0.3) is 0 Å². The molecule has 0 bridgehead atoms. The van der Waals surface area contributed by atoms with Crippen molar-refractivity contribution in [2.45, 2.75) is 19.9 Å². The molecule has 2 aromatic rings. The highest BCUT2D eigenvalue weighted by atomic mass is 16.1. The minimum absolute atomic E-state index is 0.0322. The van der Waals surface area contributed by atoms with Gasteiger partial charge in [-0.1, -0.05) is 19.1 Å². The molecule has 0 aliphatic rings.